The van der Waals surface area contributed by atoms with E-state index in [-0.39, 0.29) is 0 Å². The maximum absolute atomic E-state index is 12.2. The van der Waals surface area contributed by atoms with Gasteiger partial charge in [0.1, 0.15) is 11.4 Å². The van der Waals surface area contributed by atoms with Crippen LogP contribution >= 0.6 is 0 Å². The van der Waals surface area contributed by atoms with Gasteiger partial charge in [-0.3, -0.25) is 4.99 Å². The van der Waals surface area contributed by atoms with Crippen LogP contribution in [0.3, 0.4) is 0 Å². The van der Waals surface area contributed by atoms with E-state index in [1.54, 1.807) is 13.3 Å². The second kappa shape index (κ2) is 10.1. The van der Waals surface area contributed by atoms with Crippen molar-refractivity contribution in [2.75, 3.05) is 20.1 Å². The summed E-state index contributed by atoms with van der Waals surface area (Å²) in [6, 6.07) is 3.82. The molecule has 0 aliphatic rings. The number of rotatable bonds is 8. The highest BCUT2D eigenvalue weighted by Crippen LogP contribution is 2.16. The van der Waals surface area contributed by atoms with Crippen molar-refractivity contribution < 1.29 is 13.9 Å². The molecule has 0 radical (unpaired) electrons. The number of aliphatic imine (C=N–C) groups is 1. The van der Waals surface area contributed by atoms with Crippen LogP contribution in [0.25, 0.3) is 0 Å². The molecule has 0 spiro atoms. The monoisotopic (exact) mass is 366 g/mol. The van der Waals surface area contributed by atoms with Crippen LogP contribution in [0.4, 0.5) is 4.79 Å². The lowest BCUT2D eigenvalue weighted by molar-refractivity contribution is 0.0448. The summed E-state index contributed by atoms with van der Waals surface area (Å²) < 4.78 is 10.7. The molecular weight excluding hydrogens is 332 g/mol. The Morgan fingerprint density at radius 3 is 2.42 bits per heavy atom. The summed E-state index contributed by atoms with van der Waals surface area (Å²) in [4.78, 5) is 16.4. The van der Waals surface area contributed by atoms with E-state index in [0.717, 1.165) is 25.0 Å². The Bertz CT molecular complexity index is 558. The second-order valence-electron chi connectivity index (χ2n) is 7.30. The zero-order valence-corrected chi connectivity index (χ0v) is 16.9. The van der Waals surface area contributed by atoms with Crippen LogP contribution in [0, 0.1) is 0 Å². The summed E-state index contributed by atoms with van der Waals surface area (Å²) in [6.07, 6.45) is 3.60. The van der Waals surface area contributed by atoms with Crippen molar-refractivity contribution in [3.05, 3.63) is 24.2 Å². The number of carbonyl (C=O) groups is 1. The number of nitrogens with one attached hydrogen (secondary N) is 3. The van der Waals surface area contributed by atoms with Crippen molar-refractivity contribution >= 4 is 12.1 Å². The van der Waals surface area contributed by atoms with Gasteiger partial charge in [0.2, 0.25) is 0 Å². The lowest BCUT2D eigenvalue weighted by Gasteiger charge is -2.34. The quantitative estimate of drug-likeness (QED) is 0.486. The molecule has 26 heavy (non-hydrogen) atoms. The number of carbonyl (C=O) groups excluding carboxylic acids is 1. The molecule has 0 aliphatic heterocycles. The van der Waals surface area contributed by atoms with Crippen molar-refractivity contribution in [2.24, 2.45) is 4.99 Å². The minimum absolute atomic E-state index is 0.399. The minimum atomic E-state index is -0.520. The molecule has 1 aromatic rings. The van der Waals surface area contributed by atoms with E-state index in [1.807, 2.05) is 32.9 Å². The van der Waals surface area contributed by atoms with E-state index in [4.69, 9.17) is 9.15 Å². The van der Waals surface area contributed by atoms with E-state index in [9.17, 15) is 4.79 Å². The van der Waals surface area contributed by atoms with Gasteiger partial charge in [0.05, 0.1) is 11.8 Å². The fourth-order valence-corrected chi connectivity index (χ4v) is 2.47. The molecule has 0 aromatic carbocycles. The highest BCUT2D eigenvalue weighted by molar-refractivity contribution is 5.79. The number of hydrogen-bond acceptors (Lipinski definition) is 4. The first kappa shape index (κ1) is 21.9. The third kappa shape index (κ3) is 7.80. The third-order valence-corrected chi connectivity index (χ3v) is 4.18. The lowest BCUT2D eigenvalue weighted by Crippen LogP contribution is -2.57. The molecule has 1 aromatic heterocycles. The third-order valence-electron chi connectivity index (χ3n) is 4.18. The fraction of sp³-hybridized carbons (Fsp3) is 0.684. The SMILES string of the molecule is CCC(CC)(CNC(=NC)NCCc1ccco1)NC(=O)OC(C)(C)C. The molecule has 148 valence electrons. The van der Waals surface area contributed by atoms with Crippen LogP contribution in [0.15, 0.2) is 27.8 Å². The Morgan fingerprint density at radius 2 is 1.92 bits per heavy atom. The number of hydrogen-bond donors (Lipinski definition) is 3. The van der Waals surface area contributed by atoms with Gasteiger partial charge in [-0.2, -0.15) is 0 Å². The molecule has 0 saturated carbocycles. The Hall–Kier alpha value is -2.18. The van der Waals surface area contributed by atoms with Gasteiger partial charge in [0, 0.05) is 26.6 Å². The molecule has 0 saturated heterocycles. The molecule has 1 rings (SSSR count). The van der Waals surface area contributed by atoms with Gasteiger partial charge < -0.3 is 25.1 Å². The lowest BCUT2D eigenvalue weighted by atomic mass is 9.93. The number of nitrogens with zero attached hydrogens (tertiary/aromatic N) is 1. The number of amides is 1. The van der Waals surface area contributed by atoms with Crippen molar-refractivity contribution in [1.82, 2.24) is 16.0 Å². The Balaban J connectivity index is 2.54. The summed E-state index contributed by atoms with van der Waals surface area (Å²) in [5.74, 6) is 1.62. The van der Waals surface area contributed by atoms with Crippen molar-refractivity contribution in [3.8, 4) is 0 Å². The highest BCUT2D eigenvalue weighted by Gasteiger charge is 2.30. The molecule has 3 N–H and O–H groups in total. The standard InChI is InChI=1S/C19H34N4O3/c1-7-19(8-2,23-17(24)26-18(3,4)5)14-22-16(20-6)21-12-11-15-10-9-13-25-15/h9-10,13H,7-8,11-12,14H2,1-6H3,(H,23,24)(H2,20,21,22). The zero-order valence-electron chi connectivity index (χ0n) is 16.9. The van der Waals surface area contributed by atoms with Crippen LogP contribution in [0.1, 0.15) is 53.2 Å². The predicted octanol–water partition coefficient (Wildman–Crippen LogP) is 3.07. The number of furan rings is 1. The van der Waals surface area contributed by atoms with E-state index >= 15 is 0 Å². The molecule has 7 heteroatoms. The van der Waals surface area contributed by atoms with Crippen LogP contribution in [0.5, 0.6) is 0 Å². The highest BCUT2D eigenvalue weighted by atomic mass is 16.6. The number of ether oxygens (including phenoxy) is 1. The van der Waals surface area contributed by atoms with Gasteiger partial charge in [-0.05, 0) is 45.7 Å². The average Bonchev–Trinajstić information content (AvgIpc) is 3.08. The van der Waals surface area contributed by atoms with Crippen LogP contribution in [-0.4, -0.2) is 43.3 Å². The first-order valence-electron chi connectivity index (χ1n) is 9.21. The van der Waals surface area contributed by atoms with Gasteiger partial charge in [-0.15, -0.1) is 0 Å². The van der Waals surface area contributed by atoms with Gasteiger partial charge in [-0.1, -0.05) is 13.8 Å². The Kier molecular flexibility index (Phi) is 8.48. The number of guanidine groups is 1. The smallest absolute Gasteiger partial charge is 0.408 e. The molecule has 7 nitrogen and oxygen atoms in total. The molecule has 0 unspecified atom stereocenters. The summed E-state index contributed by atoms with van der Waals surface area (Å²) in [7, 11) is 1.73. The average molecular weight is 367 g/mol. The first-order chi connectivity index (χ1) is 12.2. The van der Waals surface area contributed by atoms with Gasteiger partial charge in [-0.25, -0.2) is 4.79 Å². The molecule has 0 aliphatic carbocycles. The Labute approximate surface area is 157 Å². The zero-order chi connectivity index (χ0) is 19.6. The van der Waals surface area contributed by atoms with E-state index < -0.39 is 17.2 Å². The predicted molar refractivity (Wildman–Crippen MR) is 104 cm³/mol. The molecule has 0 atom stereocenters. The van der Waals surface area contributed by atoms with Gasteiger partial charge in [0.15, 0.2) is 5.96 Å². The molecule has 1 amide bonds. The van der Waals surface area contributed by atoms with Crippen molar-refractivity contribution in [2.45, 2.75) is 65.0 Å². The summed E-state index contributed by atoms with van der Waals surface area (Å²) in [5, 5.41) is 9.58. The minimum Gasteiger partial charge on any atom is -0.469 e. The van der Waals surface area contributed by atoms with Crippen LogP contribution < -0.4 is 16.0 Å². The second-order valence-corrected chi connectivity index (χ2v) is 7.30. The van der Waals surface area contributed by atoms with E-state index in [1.165, 1.54) is 0 Å². The van der Waals surface area contributed by atoms with E-state index in [0.29, 0.717) is 19.0 Å². The molecule has 0 fully saturated rings. The van der Waals surface area contributed by atoms with Crippen LogP contribution in [0.2, 0.25) is 0 Å². The Morgan fingerprint density at radius 1 is 1.23 bits per heavy atom. The van der Waals surface area contributed by atoms with Crippen LogP contribution in [-0.2, 0) is 11.2 Å². The van der Waals surface area contributed by atoms with E-state index in [2.05, 4.69) is 34.8 Å². The topological polar surface area (TPSA) is 87.9 Å². The summed E-state index contributed by atoms with van der Waals surface area (Å²) in [6.45, 7) is 10.9. The maximum atomic E-state index is 12.2. The molecular formula is C19H34N4O3. The molecule has 1 heterocycles. The fourth-order valence-electron chi connectivity index (χ4n) is 2.47. The normalized spacial score (nSPS) is 12.6. The number of alkyl carbamates (subject to hydrolysis) is 1. The van der Waals surface area contributed by atoms with Crippen molar-refractivity contribution in [3.63, 3.8) is 0 Å². The van der Waals surface area contributed by atoms with Gasteiger partial charge in [0.25, 0.3) is 0 Å². The first-order valence-corrected chi connectivity index (χ1v) is 9.21. The molecule has 0 bridgehead atoms. The maximum Gasteiger partial charge on any atom is 0.408 e. The largest absolute Gasteiger partial charge is 0.469 e. The van der Waals surface area contributed by atoms with Gasteiger partial charge >= 0.3 is 6.09 Å². The van der Waals surface area contributed by atoms with Crippen molar-refractivity contribution in [1.29, 1.82) is 0 Å². The summed E-state index contributed by atoms with van der Waals surface area (Å²) >= 11 is 0. The summed E-state index contributed by atoms with van der Waals surface area (Å²) in [5.41, 5.74) is -0.921.